The highest BCUT2D eigenvalue weighted by Crippen LogP contribution is 2.28. The molecule has 0 aliphatic carbocycles. The molecule has 0 aromatic heterocycles. The lowest BCUT2D eigenvalue weighted by Gasteiger charge is -2.18. The van der Waals surface area contributed by atoms with Crippen LogP contribution >= 0.6 is 38.5 Å². The summed E-state index contributed by atoms with van der Waals surface area (Å²) in [6, 6.07) is 13.3. The second-order valence-corrected chi connectivity index (χ2v) is 6.68. The first-order chi connectivity index (χ1) is 9.47. The summed E-state index contributed by atoms with van der Waals surface area (Å²) >= 11 is 5.63. The van der Waals surface area contributed by atoms with E-state index in [0.29, 0.717) is 5.56 Å². The number of halogens is 2. The van der Waals surface area contributed by atoms with Crippen molar-refractivity contribution < 1.29 is 4.79 Å². The number of carbonyl (C=O) groups is 1. The van der Waals surface area contributed by atoms with Crippen LogP contribution in [0, 0.1) is 3.57 Å². The smallest absolute Gasteiger partial charge is 0.255 e. The maximum absolute atomic E-state index is 12.3. The van der Waals surface area contributed by atoms with Crippen molar-refractivity contribution in [2.45, 2.75) is 0 Å². The van der Waals surface area contributed by atoms with Crippen molar-refractivity contribution in [2.75, 3.05) is 24.3 Å². The Bertz CT molecular complexity index is 644. The number of nitrogens with one attached hydrogen (secondary N) is 1. The van der Waals surface area contributed by atoms with Crippen molar-refractivity contribution in [1.82, 2.24) is 0 Å². The lowest BCUT2D eigenvalue weighted by Crippen LogP contribution is -2.16. The minimum Gasteiger partial charge on any atom is -0.376 e. The Morgan fingerprint density at radius 1 is 1.20 bits per heavy atom. The average Bonchev–Trinajstić information content (AvgIpc) is 2.38. The number of nitrogens with zero attached hydrogens (tertiary/aromatic N) is 1. The van der Waals surface area contributed by atoms with Crippen LogP contribution in [0.5, 0.6) is 0 Å². The normalized spacial score (nSPS) is 10.2. The number of benzene rings is 2. The first-order valence-corrected chi connectivity index (χ1v) is 7.88. The number of carbonyl (C=O) groups excluding carboxylic acids is 1. The molecule has 1 N–H and O–H groups in total. The van der Waals surface area contributed by atoms with Crippen LogP contribution in [0.25, 0.3) is 0 Å². The van der Waals surface area contributed by atoms with Gasteiger partial charge in [-0.2, -0.15) is 0 Å². The van der Waals surface area contributed by atoms with Crippen LogP contribution in [0.15, 0.2) is 46.9 Å². The largest absolute Gasteiger partial charge is 0.376 e. The Morgan fingerprint density at radius 2 is 1.95 bits per heavy atom. The zero-order chi connectivity index (χ0) is 14.7. The van der Waals surface area contributed by atoms with Gasteiger partial charge >= 0.3 is 0 Å². The summed E-state index contributed by atoms with van der Waals surface area (Å²) in [5.74, 6) is -0.107. The van der Waals surface area contributed by atoms with Crippen LogP contribution in [-0.4, -0.2) is 20.0 Å². The van der Waals surface area contributed by atoms with Crippen molar-refractivity contribution in [2.24, 2.45) is 0 Å². The van der Waals surface area contributed by atoms with Crippen LogP contribution in [0.4, 0.5) is 11.4 Å². The molecule has 3 nitrogen and oxygen atoms in total. The van der Waals surface area contributed by atoms with Gasteiger partial charge in [-0.1, -0.05) is 22.0 Å². The Morgan fingerprint density at radius 3 is 2.60 bits per heavy atom. The predicted molar refractivity (Wildman–Crippen MR) is 95.6 cm³/mol. The van der Waals surface area contributed by atoms with Gasteiger partial charge in [0.25, 0.3) is 5.91 Å². The monoisotopic (exact) mass is 444 g/mol. The van der Waals surface area contributed by atoms with Crippen molar-refractivity contribution >= 4 is 55.8 Å². The molecule has 1 amide bonds. The molecule has 20 heavy (non-hydrogen) atoms. The van der Waals surface area contributed by atoms with Gasteiger partial charge < -0.3 is 10.2 Å². The van der Waals surface area contributed by atoms with Crippen LogP contribution < -0.4 is 10.2 Å². The maximum Gasteiger partial charge on any atom is 0.255 e. The summed E-state index contributed by atoms with van der Waals surface area (Å²) in [4.78, 5) is 14.3. The third-order valence-electron chi connectivity index (χ3n) is 2.78. The quantitative estimate of drug-likeness (QED) is 0.713. The zero-order valence-electron chi connectivity index (χ0n) is 11.2. The molecule has 0 unspecified atom stereocenters. The number of rotatable bonds is 3. The van der Waals surface area contributed by atoms with Gasteiger partial charge in [0.05, 0.1) is 11.4 Å². The van der Waals surface area contributed by atoms with Gasteiger partial charge in [-0.05, 0) is 59.0 Å². The molecule has 0 spiro atoms. The lowest BCUT2D eigenvalue weighted by atomic mass is 10.2. The van der Waals surface area contributed by atoms with E-state index in [-0.39, 0.29) is 5.91 Å². The maximum atomic E-state index is 12.3. The highest BCUT2D eigenvalue weighted by Gasteiger charge is 2.11. The lowest BCUT2D eigenvalue weighted by molar-refractivity contribution is 0.102. The van der Waals surface area contributed by atoms with Crippen LogP contribution in [0.2, 0.25) is 0 Å². The second kappa shape index (κ2) is 6.58. The molecular weight excluding hydrogens is 431 g/mol. The minimum atomic E-state index is -0.107. The summed E-state index contributed by atoms with van der Waals surface area (Å²) < 4.78 is 1.97. The van der Waals surface area contributed by atoms with Crippen molar-refractivity contribution in [1.29, 1.82) is 0 Å². The van der Waals surface area contributed by atoms with E-state index in [1.807, 2.05) is 61.5 Å². The topological polar surface area (TPSA) is 32.3 Å². The van der Waals surface area contributed by atoms with Crippen LogP contribution in [0.1, 0.15) is 10.4 Å². The molecule has 0 fully saturated rings. The molecule has 0 saturated carbocycles. The molecule has 0 radical (unpaired) electrons. The van der Waals surface area contributed by atoms with E-state index in [0.717, 1.165) is 19.4 Å². The highest BCUT2D eigenvalue weighted by atomic mass is 127. The summed E-state index contributed by atoms with van der Waals surface area (Å²) in [6.07, 6.45) is 0. The molecule has 0 bridgehead atoms. The molecule has 0 aliphatic heterocycles. The molecule has 2 aromatic carbocycles. The number of hydrogen-bond acceptors (Lipinski definition) is 2. The molecule has 5 heteroatoms. The third kappa shape index (κ3) is 3.73. The molecule has 2 aromatic rings. The molecule has 0 saturated heterocycles. The second-order valence-electron chi connectivity index (χ2n) is 4.52. The van der Waals surface area contributed by atoms with Gasteiger partial charge in [0.1, 0.15) is 0 Å². The molecular formula is C15H14BrIN2O. The van der Waals surface area contributed by atoms with Crippen molar-refractivity contribution in [3.8, 4) is 0 Å². The van der Waals surface area contributed by atoms with E-state index in [1.54, 1.807) is 0 Å². The summed E-state index contributed by atoms with van der Waals surface area (Å²) in [5.41, 5.74) is 2.40. The molecule has 0 aliphatic rings. The minimum absolute atomic E-state index is 0.107. The van der Waals surface area contributed by atoms with Gasteiger partial charge in [-0.3, -0.25) is 4.79 Å². The fourth-order valence-electron chi connectivity index (χ4n) is 1.82. The van der Waals surface area contributed by atoms with Crippen LogP contribution in [-0.2, 0) is 0 Å². The zero-order valence-corrected chi connectivity index (χ0v) is 14.9. The first-order valence-electron chi connectivity index (χ1n) is 6.01. The molecule has 2 rings (SSSR count). The average molecular weight is 445 g/mol. The number of amides is 1. The van der Waals surface area contributed by atoms with E-state index in [2.05, 4.69) is 43.8 Å². The number of anilines is 2. The highest BCUT2D eigenvalue weighted by molar-refractivity contribution is 14.1. The van der Waals surface area contributed by atoms with E-state index in [1.165, 1.54) is 0 Å². The molecule has 0 atom stereocenters. The van der Waals surface area contributed by atoms with Gasteiger partial charge in [0, 0.05) is 27.7 Å². The van der Waals surface area contributed by atoms with E-state index < -0.39 is 0 Å². The third-order valence-corrected chi connectivity index (χ3v) is 3.94. The molecule has 104 valence electrons. The van der Waals surface area contributed by atoms with E-state index >= 15 is 0 Å². The summed E-state index contributed by atoms with van der Waals surface area (Å²) in [5, 5.41) is 2.96. The van der Waals surface area contributed by atoms with Crippen molar-refractivity contribution in [3.63, 3.8) is 0 Å². The number of hydrogen-bond donors (Lipinski definition) is 1. The van der Waals surface area contributed by atoms with E-state index in [4.69, 9.17) is 0 Å². The van der Waals surface area contributed by atoms with Crippen LogP contribution in [0.3, 0.4) is 0 Å². The Kier molecular flexibility index (Phi) is 5.04. The molecule has 0 heterocycles. The Hall–Kier alpha value is -1.08. The van der Waals surface area contributed by atoms with E-state index in [9.17, 15) is 4.79 Å². The summed E-state index contributed by atoms with van der Waals surface area (Å²) in [6.45, 7) is 0. The van der Waals surface area contributed by atoms with Crippen molar-refractivity contribution in [3.05, 3.63) is 56.1 Å². The SMILES string of the molecule is CN(C)c1ccc(Br)cc1NC(=O)c1cccc(I)c1. The first kappa shape index (κ1) is 15.3. The summed E-state index contributed by atoms with van der Waals surface area (Å²) in [7, 11) is 3.90. The van der Waals surface area contributed by atoms with Gasteiger partial charge in [-0.15, -0.1) is 0 Å². The Balaban J connectivity index is 2.30. The Labute approximate surface area is 140 Å². The van der Waals surface area contributed by atoms with Gasteiger partial charge in [0.2, 0.25) is 0 Å². The fourth-order valence-corrected chi connectivity index (χ4v) is 2.73. The van der Waals surface area contributed by atoms with Gasteiger partial charge in [-0.25, -0.2) is 0 Å². The standard InChI is InChI=1S/C15H14BrIN2O/c1-19(2)14-7-6-11(16)9-13(14)18-15(20)10-4-3-5-12(17)8-10/h3-9H,1-2H3,(H,18,20). The van der Waals surface area contributed by atoms with Gasteiger partial charge in [0.15, 0.2) is 0 Å². The predicted octanol–water partition coefficient (Wildman–Crippen LogP) is 4.37. The fraction of sp³-hybridized carbons (Fsp3) is 0.133.